The van der Waals surface area contributed by atoms with Crippen LogP contribution in [0.25, 0.3) is 33.6 Å². The predicted octanol–water partition coefficient (Wildman–Crippen LogP) is 8.78. The molecule has 0 aliphatic carbocycles. The van der Waals surface area contributed by atoms with Crippen LogP contribution >= 0.6 is 0 Å². The number of benzene rings is 4. The number of nitrogens with one attached hydrogen (secondary N) is 2. The van der Waals surface area contributed by atoms with E-state index in [0.29, 0.717) is 48.7 Å². The molecular weight excluding hydrogens is 785 g/mol. The van der Waals surface area contributed by atoms with Gasteiger partial charge in [-0.15, -0.1) is 0 Å². The number of aromatic nitrogens is 4. The lowest BCUT2D eigenvalue weighted by Crippen LogP contribution is -2.43. The fraction of sp³-hybridized carbons (Fsp3) is 0.292. The largest absolute Gasteiger partial charge is 0.465 e. The smallest absolute Gasteiger partial charge is 0.407 e. The van der Waals surface area contributed by atoms with Gasteiger partial charge in [0.2, 0.25) is 0 Å². The highest BCUT2D eigenvalue weighted by atomic mass is 16.4. The number of carbonyl (C=O) groups excluding carboxylic acids is 2. The molecule has 2 saturated heterocycles. The van der Waals surface area contributed by atoms with Gasteiger partial charge in [-0.3, -0.25) is 19.4 Å². The molecule has 8 rings (SSSR count). The quantitative estimate of drug-likeness (QED) is 0.100. The fourth-order valence-electron chi connectivity index (χ4n) is 9.00. The summed E-state index contributed by atoms with van der Waals surface area (Å²) >= 11 is 0. The number of likely N-dealkylation sites (tertiary alicyclic amines) is 2. The number of aromatic amines is 2. The third-order valence-electron chi connectivity index (χ3n) is 12.3. The Labute approximate surface area is 359 Å². The summed E-state index contributed by atoms with van der Waals surface area (Å²) < 4.78 is 0. The van der Waals surface area contributed by atoms with Gasteiger partial charge >= 0.3 is 12.2 Å². The van der Waals surface area contributed by atoms with Gasteiger partial charge in [0, 0.05) is 27.2 Å². The van der Waals surface area contributed by atoms with Crippen LogP contribution in [-0.4, -0.2) is 101 Å². The molecule has 4 atom stereocenters. The standard InChI is InChI=1S/C48H50N8O6/c1-29-39(51-43(49-29)37-17-11-27-55(37)45(57)41(53(3)47(59)60)35-13-7-5-8-14-35)33-23-19-31(20-24-33)32-21-25-34(26-22-32)40-30(2)50-44(52-40)38-18-12-28-56(38)46(58)42(54(4)48(61)62)36-15-9-6-10-16-36/h5-10,13-16,19-26,37-38,41-42H,11-12,17-18,27-28H2,1-4H3,(H,49,51)(H,50,52)(H,59,60)(H,61,62)/t37-,38-,41+,42+/m0/s1. The average Bonchev–Trinajstić information content (AvgIpc) is 4.11. The third-order valence-corrected chi connectivity index (χ3v) is 12.3. The van der Waals surface area contributed by atoms with Gasteiger partial charge in [-0.1, -0.05) is 109 Å². The molecular formula is C48H50N8O6. The normalized spacial score (nSPS) is 17.2. The maximum Gasteiger partial charge on any atom is 0.407 e. The Morgan fingerprint density at radius 2 is 0.903 bits per heavy atom. The molecule has 2 aromatic heterocycles. The Balaban J connectivity index is 0.969. The minimum atomic E-state index is -1.17. The molecule has 14 heteroatoms. The Kier molecular flexibility index (Phi) is 11.7. The molecule has 318 valence electrons. The van der Waals surface area contributed by atoms with Crippen molar-refractivity contribution >= 4 is 24.0 Å². The van der Waals surface area contributed by atoms with E-state index in [4.69, 9.17) is 9.97 Å². The molecule has 14 nitrogen and oxygen atoms in total. The zero-order valence-corrected chi connectivity index (χ0v) is 35.2. The van der Waals surface area contributed by atoms with Gasteiger partial charge in [0.1, 0.15) is 23.7 Å². The first-order valence-electron chi connectivity index (χ1n) is 20.9. The molecule has 4 amide bonds. The van der Waals surface area contributed by atoms with Crippen LogP contribution in [0.4, 0.5) is 9.59 Å². The third kappa shape index (κ3) is 8.03. The van der Waals surface area contributed by atoms with Crippen molar-refractivity contribution in [3.63, 3.8) is 0 Å². The van der Waals surface area contributed by atoms with Gasteiger partial charge < -0.3 is 30.0 Å². The molecule has 2 aliphatic heterocycles. The molecule has 4 heterocycles. The summed E-state index contributed by atoms with van der Waals surface area (Å²) in [7, 11) is 2.86. The van der Waals surface area contributed by atoms with Gasteiger partial charge in [0.25, 0.3) is 11.8 Å². The maximum atomic E-state index is 14.1. The van der Waals surface area contributed by atoms with Crippen LogP contribution in [0.15, 0.2) is 109 Å². The molecule has 0 radical (unpaired) electrons. The molecule has 4 N–H and O–H groups in total. The Bertz CT molecular complexity index is 2390. The Morgan fingerprint density at radius 1 is 0.565 bits per heavy atom. The van der Waals surface area contributed by atoms with E-state index < -0.39 is 24.3 Å². The summed E-state index contributed by atoms with van der Waals surface area (Å²) in [5, 5.41) is 19.7. The van der Waals surface area contributed by atoms with Crippen LogP contribution in [0.1, 0.15) is 84.0 Å². The van der Waals surface area contributed by atoms with Gasteiger partial charge in [0.05, 0.1) is 34.9 Å². The van der Waals surface area contributed by atoms with Crippen molar-refractivity contribution in [2.45, 2.75) is 63.7 Å². The van der Waals surface area contributed by atoms with Crippen molar-refractivity contribution in [3.8, 4) is 33.6 Å². The van der Waals surface area contributed by atoms with E-state index in [2.05, 4.69) is 58.5 Å². The van der Waals surface area contributed by atoms with Crippen molar-refractivity contribution in [3.05, 3.63) is 143 Å². The number of H-pyrrole nitrogens is 2. The summed E-state index contributed by atoms with van der Waals surface area (Å²) in [5.74, 6) is 0.814. The van der Waals surface area contributed by atoms with Crippen LogP contribution in [-0.2, 0) is 9.59 Å². The number of hydrogen-bond donors (Lipinski definition) is 4. The predicted molar refractivity (Wildman–Crippen MR) is 234 cm³/mol. The molecule has 0 saturated carbocycles. The number of carboxylic acid groups (broad SMARTS) is 2. The second-order valence-electron chi connectivity index (χ2n) is 16.1. The van der Waals surface area contributed by atoms with Gasteiger partial charge in [0.15, 0.2) is 0 Å². The first kappa shape index (κ1) is 41.5. The average molecular weight is 835 g/mol. The minimum Gasteiger partial charge on any atom is -0.465 e. The molecule has 0 unspecified atom stereocenters. The zero-order chi connectivity index (χ0) is 43.7. The molecule has 2 aliphatic rings. The second kappa shape index (κ2) is 17.4. The molecule has 2 fully saturated rings. The summed E-state index contributed by atoms with van der Waals surface area (Å²) in [4.78, 5) is 74.6. The van der Waals surface area contributed by atoms with E-state index in [1.807, 2.05) is 26.0 Å². The lowest BCUT2D eigenvalue weighted by Gasteiger charge is -2.32. The SMILES string of the molecule is Cc1nc([C@@H]2CCCN2C(=O)[C@@H](c2ccccc2)N(C)C(=O)O)[nH]c1-c1ccc(-c2ccc(-c3[nH]c([C@@H]4CCCN4C(=O)[C@@H](c4ccccc4)N(C)C(=O)O)nc3C)cc2)cc1. The minimum absolute atomic E-state index is 0.273. The fourth-order valence-corrected chi connectivity index (χ4v) is 9.00. The van der Waals surface area contributed by atoms with Crippen LogP contribution in [0, 0.1) is 13.8 Å². The number of hydrogen-bond acceptors (Lipinski definition) is 6. The van der Waals surface area contributed by atoms with Gasteiger partial charge in [-0.25, -0.2) is 19.6 Å². The van der Waals surface area contributed by atoms with Crippen LogP contribution in [0.3, 0.4) is 0 Å². The van der Waals surface area contributed by atoms with Gasteiger partial charge in [-0.2, -0.15) is 0 Å². The summed E-state index contributed by atoms with van der Waals surface area (Å²) in [6.07, 6.45) is 0.637. The van der Waals surface area contributed by atoms with Crippen LogP contribution < -0.4 is 0 Å². The topological polar surface area (TPSA) is 179 Å². The number of aryl methyl sites for hydroxylation is 2. The lowest BCUT2D eigenvalue weighted by molar-refractivity contribution is -0.138. The molecule has 4 aromatic carbocycles. The van der Waals surface area contributed by atoms with Crippen molar-refractivity contribution in [1.29, 1.82) is 0 Å². The number of rotatable bonds is 11. The van der Waals surface area contributed by atoms with Crippen LogP contribution in [0.2, 0.25) is 0 Å². The highest BCUT2D eigenvalue weighted by Gasteiger charge is 2.41. The molecule has 0 spiro atoms. The summed E-state index contributed by atoms with van der Waals surface area (Å²) in [5.41, 5.74) is 8.54. The van der Waals surface area contributed by atoms with Crippen molar-refractivity contribution in [1.82, 2.24) is 39.5 Å². The van der Waals surface area contributed by atoms with E-state index in [1.165, 1.54) is 14.1 Å². The first-order chi connectivity index (χ1) is 29.9. The Hall–Kier alpha value is -7.22. The zero-order valence-electron chi connectivity index (χ0n) is 35.2. The highest BCUT2D eigenvalue weighted by molar-refractivity contribution is 5.88. The molecule has 0 bridgehead atoms. The van der Waals surface area contributed by atoms with E-state index in [-0.39, 0.29) is 23.9 Å². The number of imidazole rings is 2. The Morgan fingerprint density at radius 3 is 1.24 bits per heavy atom. The van der Waals surface area contributed by atoms with Crippen molar-refractivity contribution < 1.29 is 29.4 Å². The monoisotopic (exact) mass is 834 g/mol. The number of likely N-dealkylation sites (N-methyl/N-ethyl adjacent to an activating group) is 2. The summed E-state index contributed by atoms with van der Waals surface area (Å²) in [6.45, 7) is 4.90. The van der Waals surface area contributed by atoms with Crippen LogP contribution in [0.5, 0.6) is 0 Å². The number of nitrogens with zero attached hydrogens (tertiary/aromatic N) is 6. The number of amides is 4. The lowest BCUT2D eigenvalue weighted by atomic mass is 10.0. The van der Waals surface area contributed by atoms with Gasteiger partial charge in [-0.05, 0) is 72.9 Å². The summed E-state index contributed by atoms with van der Waals surface area (Å²) in [6, 6.07) is 31.9. The molecule has 62 heavy (non-hydrogen) atoms. The maximum absolute atomic E-state index is 14.1. The second-order valence-corrected chi connectivity index (χ2v) is 16.1. The highest BCUT2D eigenvalue weighted by Crippen LogP contribution is 2.38. The first-order valence-corrected chi connectivity index (χ1v) is 20.9. The van der Waals surface area contributed by atoms with E-state index >= 15 is 0 Å². The van der Waals surface area contributed by atoms with E-state index in [1.54, 1.807) is 58.3 Å². The number of carbonyl (C=O) groups is 4. The van der Waals surface area contributed by atoms with Crippen molar-refractivity contribution in [2.75, 3.05) is 27.2 Å². The van der Waals surface area contributed by atoms with E-state index in [0.717, 1.165) is 67.7 Å². The molecule has 6 aromatic rings. The van der Waals surface area contributed by atoms with E-state index in [9.17, 15) is 29.4 Å². The van der Waals surface area contributed by atoms with Crippen molar-refractivity contribution in [2.24, 2.45) is 0 Å².